The lowest BCUT2D eigenvalue weighted by Gasteiger charge is -2.40. The van der Waals surface area contributed by atoms with Crippen LogP contribution in [-0.4, -0.2) is 59.1 Å². The highest BCUT2D eigenvalue weighted by Crippen LogP contribution is 2.34. The highest BCUT2D eigenvalue weighted by molar-refractivity contribution is 6.08. The molecule has 9 heteroatoms. The van der Waals surface area contributed by atoms with Gasteiger partial charge >= 0.3 is 5.97 Å². The highest BCUT2D eigenvalue weighted by atomic mass is 16.5. The summed E-state index contributed by atoms with van der Waals surface area (Å²) < 4.78 is 17.9. The Labute approximate surface area is 259 Å². The molecule has 0 bridgehead atoms. The van der Waals surface area contributed by atoms with Gasteiger partial charge < -0.3 is 30.0 Å². The monoisotopic (exact) mass is 598 g/mol. The number of fused-ring (bicyclic) bond motifs is 1. The first-order valence-electron chi connectivity index (χ1n) is 15.4. The fraction of sp³-hybridized carbons (Fsp3) is 0.400. The molecule has 0 aliphatic carbocycles. The first-order valence-corrected chi connectivity index (χ1v) is 15.4. The molecule has 0 radical (unpaired) electrons. The van der Waals surface area contributed by atoms with Crippen LogP contribution in [0.3, 0.4) is 0 Å². The summed E-state index contributed by atoms with van der Waals surface area (Å²) in [6, 6.07) is 18.7. The number of nitrogens with one attached hydrogen (secondary N) is 2. The minimum atomic E-state index is -1.26. The number of hydrogen-bond donors (Lipinski definition) is 3. The zero-order valence-electron chi connectivity index (χ0n) is 25.8. The number of para-hydroxylation sites is 1. The van der Waals surface area contributed by atoms with Gasteiger partial charge in [0.25, 0.3) is 0 Å². The van der Waals surface area contributed by atoms with Crippen molar-refractivity contribution in [3.8, 4) is 17.0 Å². The number of pyridine rings is 1. The summed E-state index contributed by atoms with van der Waals surface area (Å²) in [4.78, 5) is 19.0. The quantitative estimate of drug-likeness (QED) is 0.126. The molecular weight excluding hydrogens is 556 g/mol. The molecule has 3 N–H and O–H groups in total. The van der Waals surface area contributed by atoms with Gasteiger partial charge in [0.1, 0.15) is 23.7 Å². The second-order valence-electron chi connectivity index (χ2n) is 11.3. The Morgan fingerprint density at radius 3 is 2.80 bits per heavy atom. The van der Waals surface area contributed by atoms with E-state index >= 15 is 0 Å². The lowest BCUT2D eigenvalue weighted by molar-refractivity contribution is -0.132. The molecule has 5 rings (SSSR count). The lowest BCUT2D eigenvalue weighted by atomic mass is 9.93. The normalized spacial score (nSPS) is 19.0. The van der Waals surface area contributed by atoms with Crippen LogP contribution in [0.1, 0.15) is 55.4 Å². The molecule has 9 nitrogen and oxygen atoms in total. The second kappa shape index (κ2) is 14.5. The van der Waals surface area contributed by atoms with Gasteiger partial charge in [-0.3, -0.25) is 4.90 Å². The van der Waals surface area contributed by atoms with Crippen molar-refractivity contribution < 1.29 is 24.1 Å². The molecule has 2 aliphatic rings. The van der Waals surface area contributed by atoms with Gasteiger partial charge in [-0.15, -0.1) is 0 Å². The van der Waals surface area contributed by atoms with Crippen LogP contribution in [0, 0.1) is 12.3 Å². The van der Waals surface area contributed by atoms with E-state index in [1.807, 2.05) is 37.3 Å². The zero-order valence-corrected chi connectivity index (χ0v) is 25.8. The molecule has 232 valence electrons. The third-order valence-corrected chi connectivity index (χ3v) is 8.39. The number of aromatic nitrogens is 1. The molecule has 1 saturated heterocycles. The number of anilines is 1. The Balaban J connectivity index is 1.31. The van der Waals surface area contributed by atoms with E-state index in [4.69, 9.17) is 24.6 Å². The van der Waals surface area contributed by atoms with E-state index in [2.05, 4.69) is 35.3 Å². The Morgan fingerprint density at radius 1 is 1.18 bits per heavy atom. The van der Waals surface area contributed by atoms with E-state index < -0.39 is 5.97 Å². The fourth-order valence-electron chi connectivity index (χ4n) is 6.03. The van der Waals surface area contributed by atoms with Gasteiger partial charge in [-0.05, 0) is 80.0 Å². The predicted molar refractivity (Wildman–Crippen MR) is 171 cm³/mol. The van der Waals surface area contributed by atoms with Gasteiger partial charge in [0.15, 0.2) is 0 Å². The molecule has 1 fully saturated rings. The number of benzene rings is 2. The molecule has 2 unspecified atom stereocenters. The van der Waals surface area contributed by atoms with E-state index in [0.29, 0.717) is 30.3 Å². The van der Waals surface area contributed by atoms with Crippen LogP contribution < -0.4 is 10.1 Å². The SMILES string of the molecule is CCO/C(Nc1cccc(-c2cccc(C)c2OCc2ccc3c(c2)CCN(C2CCOC(CC)C2)C3)n1)=C(/C=N)C(=O)O. The van der Waals surface area contributed by atoms with E-state index in [1.165, 1.54) is 11.1 Å². The topological polar surface area (TPSA) is 117 Å². The summed E-state index contributed by atoms with van der Waals surface area (Å²) in [6.07, 6.45) is 5.49. The Hall–Kier alpha value is -4.21. The van der Waals surface area contributed by atoms with Gasteiger partial charge in [0.05, 0.1) is 18.4 Å². The van der Waals surface area contributed by atoms with Crippen LogP contribution in [0.25, 0.3) is 11.3 Å². The molecule has 0 spiro atoms. The van der Waals surface area contributed by atoms with Crippen molar-refractivity contribution in [3.63, 3.8) is 0 Å². The minimum absolute atomic E-state index is 0.0335. The van der Waals surface area contributed by atoms with Crippen molar-refractivity contribution in [1.29, 1.82) is 5.41 Å². The first-order chi connectivity index (χ1) is 21.4. The van der Waals surface area contributed by atoms with E-state index in [-0.39, 0.29) is 18.1 Å². The molecular formula is C35H42N4O5. The van der Waals surface area contributed by atoms with Crippen LogP contribution in [0.15, 0.2) is 66.1 Å². The smallest absolute Gasteiger partial charge is 0.342 e. The molecule has 2 aliphatic heterocycles. The summed E-state index contributed by atoms with van der Waals surface area (Å²) in [7, 11) is 0. The van der Waals surface area contributed by atoms with Crippen LogP contribution in [0.2, 0.25) is 0 Å². The number of nitrogens with zero attached hydrogens (tertiary/aromatic N) is 2. The molecule has 0 amide bonds. The largest absolute Gasteiger partial charge is 0.488 e. The number of hydrogen-bond acceptors (Lipinski definition) is 8. The molecule has 3 heterocycles. The zero-order chi connectivity index (χ0) is 31.1. The fourth-order valence-corrected chi connectivity index (χ4v) is 6.03. The summed E-state index contributed by atoms with van der Waals surface area (Å²) in [6.45, 7) is 9.57. The van der Waals surface area contributed by atoms with Crippen molar-refractivity contribution in [2.24, 2.45) is 0 Å². The molecule has 1 aromatic heterocycles. The maximum atomic E-state index is 11.6. The van der Waals surface area contributed by atoms with Gasteiger partial charge in [-0.25, -0.2) is 9.78 Å². The lowest BCUT2D eigenvalue weighted by Crippen LogP contribution is -2.44. The Morgan fingerprint density at radius 2 is 2.02 bits per heavy atom. The van der Waals surface area contributed by atoms with Crippen molar-refractivity contribution in [2.45, 2.75) is 71.8 Å². The Kier molecular flexibility index (Phi) is 10.3. The van der Waals surface area contributed by atoms with E-state index in [9.17, 15) is 9.90 Å². The maximum Gasteiger partial charge on any atom is 0.342 e. The summed E-state index contributed by atoms with van der Waals surface area (Å²) >= 11 is 0. The maximum absolute atomic E-state index is 11.6. The molecule has 44 heavy (non-hydrogen) atoms. The number of carboxylic acid groups (broad SMARTS) is 1. The number of aryl methyl sites for hydroxylation is 1. The van der Waals surface area contributed by atoms with Crippen LogP contribution in [-0.2, 0) is 33.8 Å². The van der Waals surface area contributed by atoms with Crippen LogP contribution in [0.5, 0.6) is 5.75 Å². The van der Waals surface area contributed by atoms with Gasteiger partial charge in [0, 0.05) is 37.5 Å². The van der Waals surface area contributed by atoms with Crippen molar-refractivity contribution >= 4 is 18.0 Å². The average Bonchev–Trinajstić information content (AvgIpc) is 3.04. The highest BCUT2D eigenvalue weighted by Gasteiger charge is 2.29. The molecule has 2 aromatic carbocycles. The second-order valence-corrected chi connectivity index (χ2v) is 11.3. The summed E-state index contributed by atoms with van der Waals surface area (Å²) in [5.41, 5.74) is 6.13. The van der Waals surface area contributed by atoms with E-state index in [0.717, 1.165) is 74.0 Å². The van der Waals surface area contributed by atoms with Crippen molar-refractivity contribution in [2.75, 3.05) is 25.1 Å². The number of ether oxygens (including phenoxy) is 3. The predicted octanol–water partition coefficient (Wildman–Crippen LogP) is 6.35. The number of aliphatic carboxylic acids is 1. The number of carboxylic acids is 1. The van der Waals surface area contributed by atoms with Gasteiger partial charge in [-0.2, -0.15) is 0 Å². The van der Waals surface area contributed by atoms with Gasteiger partial charge in [0.2, 0.25) is 5.88 Å². The summed E-state index contributed by atoms with van der Waals surface area (Å²) in [5.74, 6) is -0.148. The van der Waals surface area contributed by atoms with Gasteiger partial charge in [-0.1, -0.05) is 43.3 Å². The van der Waals surface area contributed by atoms with Crippen LogP contribution in [0.4, 0.5) is 5.82 Å². The molecule has 3 aromatic rings. The number of carbonyl (C=O) groups is 1. The van der Waals surface area contributed by atoms with E-state index in [1.54, 1.807) is 13.0 Å². The standard InChI is InChI=1S/C35H42N4O5/c1-4-28-19-27(15-17-43-28)39-16-14-25-18-24(12-13-26(25)21-39)22-44-33-23(3)8-6-9-29(33)31-10-7-11-32(37-31)38-34(42-5-2)30(20-36)35(40)41/h6-13,18,20,27-28,36H,4-5,14-17,19,21-22H2,1-3H3,(H,37,38)(H,40,41)/b34-30-,36-20?. The number of rotatable bonds is 12. The third-order valence-electron chi connectivity index (χ3n) is 8.39. The van der Waals surface area contributed by atoms with Crippen LogP contribution >= 0.6 is 0 Å². The van der Waals surface area contributed by atoms with Crippen molar-refractivity contribution in [3.05, 3.63) is 88.3 Å². The molecule has 2 atom stereocenters. The molecule has 0 saturated carbocycles. The van der Waals surface area contributed by atoms with Crippen molar-refractivity contribution in [1.82, 2.24) is 9.88 Å². The Bertz CT molecular complexity index is 1520. The first kappa shape index (κ1) is 31.2. The average molecular weight is 599 g/mol. The third kappa shape index (κ3) is 7.29. The summed E-state index contributed by atoms with van der Waals surface area (Å²) in [5, 5.41) is 19.9. The minimum Gasteiger partial charge on any atom is -0.488 e.